The first kappa shape index (κ1) is 21.0. The highest BCUT2D eigenvalue weighted by atomic mass is 16.2. The molecule has 0 bridgehead atoms. The smallest absolute Gasteiger partial charge is 0.317 e. The van der Waals surface area contributed by atoms with Crippen molar-refractivity contribution in [2.45, 2.75) is 39.8 Å². The summed E-state index contributed by atoms with van der Waals surface area (Å²) in [5.41, 5.74) is 3.44. The summed E-state index contributed by atoms with van der Waals surface area (Å²) in [5, 5.41) is 3.00. The average molecular weight is 396 g/mol. The molecule has 156 valence electrons. The fourth-order valence-corrected chi connectivity index (χ4v) is 3.81. The van der Waals surface area contributed by atoms with E-state index in [-0.39, 0.29) is 6.03 Å². The molecule has 2 amide bonds. The molecule has 0 spiro atoms. The van der Waals surface area contributed by atoms with Crippen molar-refractivity contribution in [2.75, 3.05) is 43.0 Å². The minimum absolute atomic E-state index is 0.0750. The maximum absolute atomic E-state index is 12.6. The number of carbonyl (C=O) groups is 1. The van der Waals surface area contributed by atoms with Crippen molar-refractivity contribution in [2.24, 2.45) is 0 Å². The summed E-state index contributed by atoms with van der Waals surface area (Å²) in [6.07, 6.45) is 4.33. The van der Waals surface area contributed by atoms with Crippen molar-refractivity contribution < 1.29 is 4.79 Å². The number of nitrogens with one attached hydrogen (secondary N) is 1. The van der Waals surface area contributed by atoms with E-state index in [4.69, 9.17) is 0 Å². The fraction of sp³-hybridized carbons (Fsp3) is 0.478. The van der Waals surface area contributed by atoms with Gasteiger partial charge >= 0.3 is 6.03 Å². The van der Waals surface area contributed by atoms with Gasteiger partial charge in [0.2, 0.25) is 0 Å². The molecule has 0 radical (unpaired) electrons. The van der Waals surface area contributed by atoms with Crippen LogP contribution in [0.2, 0.25) is 0 Å². The lowest BCUT2D eigenvalue weighted by Gasteiger charge is -2.24. The van der Waals surface area contributed by atoms with Crippen molar-refractivity contribution >= 4 is 17.5 Å². The third kappa shape index (κ3) is 5.40. The Morgan fingerprint density at radius 2 is 1.83 bits per heavy atom. The third-order valence-electron chi connectivity index (χ3n) is 5.53. The summed E-state index contributed by atoms with van der Waals surface area (Å²) in [7, 11) is 1.85. The van der Waals surface area contributed by atoms with Crippen molar-refractivity contribution in [3.05, 3.63) is 53.7 Å². The molecule has 1 saturated heterocycles. The second kappa shape index (κ2) is 10.1. The number of aromatic nitrogens is 1. The first-order valence-electron chi connectivity index (χ1n) is 10.6. The molecule has 0 aliphatic carbocycles. The van der Waals surface area contributed by atoms with Gasteiger partial charge in [0, 0.05) is 58.2 Å². The molecule has 1 aromatic carbocycles. The van der Waals surface area contributed by atoms with Gasteiger partial charge in [-0.15, -0.1) is 0 Å². The van der Waals surface area contributed by atoms with E-state index < -0.39 is 0 Å². The Kier molecular flexibility index (Phi) is 7.33. The normalized spacial score (nSPS) is 13.4. The number of amides is 2. The van der Waals surface area contributed by atoms with Gasteiger partial charge < -0.3 is 20.0 Å². The van der Waals surface area contributed by atoms with E-state index >= 15 is 0 Å². The molecule has 1 aliphatic heterocycles. The van der Waals surface area contributed by atoms with E-state index in [2.05, 4.69) is 52.1 Å². The van der Waals surface area contributed by atoms with E-state index in [1.807, 2.05) is 31.4 Å². The number of benzene rings is 1. The van der Waals surface area contributed by atoms with Gasteiger partial charge in [-0.25, -0.2) is 9.78 Å². The number of pyridine rings is 1. The summed E-state index contributed by atoms with van der Waals surface area (Å²) in [5.74, 6) is 0.973. The highest BCUT2D eigenvalue weighted by Crippen LogP contribution is 2.25. The Hall–Kier alpha value is -2.76. The maximum Gasteiger partial charge on any atom is 0.317 e. The van der Waals surface area contributed by atoms with E-state index in [0.29, 0.717) is 13.1 Å². The number of hydrogen-bond acceptors (Lipinski definition) is 4. The SMILES string of the molecule is CCN(CC)c1ccc(CNC(=O)N(C)Cc2ccccc2N2CCCC2)cn1. The van der Waals surface area contributed by atoms with Crippen LogP contribution in [-0.4, -0.2) is 49.1 Å². The number of anilines is 2. The first-order chi connectivity index (χ1) is 14.1. The van der Waals surface area contributed by atoms with Crippen LogP contribution >= 0.6 is 0 Å². The molecule has 0 unspecified atom stereocenters. The average Bonchev–Trinajstić information content (AvgIpc) is 3.29. The van der Waals surface area contributed by atoms with Crippen molar-refractivity contribution in [1.29, 1.82) is 0 Å². The highest BCUT2D eigenvalue weighted by Gasteiger charge is 2.17. The van der Waals surface area contributed by atoms with Gasteiger partial charge in [0.15, 0.2) is 0 Å². The minimum atomic E-state index is -0.0750. The fourth-order valence-electron chi connectivity index (χ4n) is 3.81. The molecular weight excluding hydrogens is 362 g/mol. The van der Waals surface area contributed by atoms with Crippen LogP contribution in [0.5, 0.6) is 0 Å². The number of nitrogens with zero attached hydrogens (tertiary/aromatic N) is 4. The molecule has 1 fully saturated rings. The first-order valence-corrected chi connectivity index (χ1v) is 10.6. The zero-order valence-electron chi connectivity index (χ0n) is 17.9. The topological polar surface area (TPSA) is 51.7 Å². The Morgan fingerprint density at radius 1 is 1.10 bits per heavy atom. The molecule has 0 atom stereocenters. The summed E-state index contributed by atoms with van der Waals surface area (Å²) in [6, 6.07) is 12.4. The Balaban J connectivity index is 1.55. The molecule has 6 nitrogen and oxygen atoms in total. The molecule has 6 heteroatoms. The highest BCUT2D eigenvalue weighted by molar-refractivity contribution is 5.74. The molecule has 2 heterocycles. The lowest BCUT2D eigenvalue weighted by Crippen LogP contribution is -2.36. The largest absolute Gasteiger partial charge is 0.371 e. The van der Waals surface area contributed by atoms with Crippen LogP contribution < -0.4 is 15.1 Å². The standard InChI is InChI=1S/C23H33N5O/c1-4-27(5-2)22-13-12-19(16-24-22)17-25-23(29)26(3)18-20-10-6-7-11-21(20)28-14-8-9-15-28/h6-7,10-13,16H,4-5,8-9,14-15,17-18H2,1-3H3,(H,25,29). The molecule has 1 aromatic heterocycles. The second-order valence-electron chi connectivity index (χ2n) is 7.53. The number of hydrogen-bond donors (Lipinski definition) is 1. The van der Waals surface area contributed by atoms with E-state index in [1.165, 1.54) is 24.1 Å². The van der Waals surface area contributed by atoms with Crippen LogP contribution in [0, 0.1) is 0 Å². The van der Waals surface area contributed by atoms with Gasteiger partial charge in [-0.05, 0) is 49.9 Å². The van der Waals surface area contributed by atoms with Gasteiger partial charge in [-0.1, -0.05) is 24.3 Å². The zero-order chi connectivity index (χ0) is 20.6. The predicted octanol–water partition coefficient (Wildman–Crippen LogP) is 3.87. The van der Waals surface area contributed by atoms with Crippen LogP contribution in [0.3, 0.4) is 0 Å². The summed E-state index contributed by atoms with van der Waals surface area (Å²) < 4.78 is 0. The third-order valence-corrected chi connectivity index (χ3v) is 5.53. The van der Waals surface area contributed by atoms with E-state index in [0.717, 1.165) is 37.6 Å². The monoisotopic (exact) mass is 395 g/mol. The molecule has 1 N–H and O–H groups in total. The lowest BCUT2D eigenvalue weighted by molar-refractivity contribution is 0.206. The molecular formula is C23H33N5O. The van der Waals surface area contributed by atoms with Gasteiger partial charge in [0.05, 0.1) is 0 Å². The number of carbonyl (C=O) groups excluding carboxylic acids is 1. The Labute approximate surface area is 174 Å². The zero-order valence-corrected chi connectivity index (χ0v) is 17.9. The second-order valence-corrected chi connectivity index (χ2v) is 7.53. The van der Waals surface area contributed by atoms with Gasteiger partial charge in [-0.3, -0.25) is 0 Å². The van der Waals surface area contributed by atoms with Crippen LogP contribution in [0.1, 0.15) is 37.8 Å². The van der Waals surface area contributed by atoms with Gasteiger partial charge in [-0.2, -0.15) is 0 Å². The molecule has 2 aromatic rings. The minimum Gasteiger partial charge on any atom is -0.371 e. The summed E-state index contributed by atoms with van der Waals surface area (Å²) in [4.78, 5) is 23.5. The molecule has 0 saturated carbocycles. The van der Waals surface area contributed by atoms with Crippen LogP contribution in [-0.2, 0) is 13.1 Å². The predicted molar refractivity (Wildman–Crippen MR) is 119 cm³/mol. The van der Waals surface area contributed by atoms with E-state index in [1.54, 1.807) is 4.90 Å². The quantitative estimate of drug-likeness (QED) is 0.737. The number of rotatable bonds is 8. The molecule has 3 rings (SSSR count). The Bertz CT molecular complexity index is 782. The van der Waals surface area contributed by atoms with Crippen LogP contribution in [0.4, 0.5) is 16.3 Å². The molecule has 1 aliphatic rings. The summed E-state index contributed by atoms with van der Waals surface area (Å²) >= 11 is 0. The Morgan fingerprint density at radius 3 is 2.48 bits per heavy atom. The van der Waals surface area contributed by atoms with Gasteiger partial charge in [0.25, 0.3) is 0 Å². The molecule has 29 heavy (non-hydrogen) atoms. The van der Waals surface area contributed by atoms with Crippen LogP contribution in [0.25, 0.3) is 0 Å². The summed E-state index contributed by atoms with van der Waals surface area (Å²) in [6.45, 7) is 9.38. The van der Waals surface area contributed by atoms with Crippen molar-refractivity contribution in [3.63, 3.8) is 0 Å². The lowest BCUT2D eigenvalue weighted by atomic mass is 10.1. The van der Waals surface area contributed by atoms with Crippen molar-refractivity contribution in [1.82, 2.24) is 15.2 Å². The van der Waals surface area contributed by atoms with E-state index in [9.17, 15) is 4.79 Å². The van der Waals surface area contributed by atoms with Gasteiger partial charge in [0.1, 0.15) is 5.82 Å². The van der Waals surface area contributed by atoms with Crippen LogP contribution in [0.15, 0.2) is 42.6 Å². The maximum atomic E-state index is 12.6. The number of para-hydroxylation sites is 1. The van der Waals surface area contributed by atoms with Crippen molar-refractivity contribution in [3.8, 4) is 0 Å². The number of urea groups is 1.